The molecule has 0 saturated carbocycles. The summed E-state index contributed by atoms with van der Waals surface area (Å²) in [4.78, 5) is 14.7. The lowest BCUT2D eigenvalue weighted by molar-refractivity contribution is -0.130. The number of carbonyl (C=O) groups excluding carboxylic acids is 1. The van der Waals surface area contributed by atoms with Crippen LogP contribution < -0.4 is 5.32 Å². The van der Waals surface area contributed by atoms with Gasteiger partial charge in [-0.1, -0.05) is 79.7 Å². The number of nitrogens with zero attached hydrogens (tertiary/aromatic N) is 1. The van der Waals surface area contributed by atoms with Crippen LogP contribution in [-0.2, 0) is 4.79 Å². The maximum Gasteiger partial charge on any atom is 0.222 e. The van der Waals surface area contributed by atoms with E-state index in [0.29, 0.717) is 24.2 Å². The fourth-order valence-electron chi connectivity index (χ4n) is 4.80. The predicted octanol–water partition coefficient (Wildman–Crippen LogP) is 5.53. The molecule has 0 aromatic heterocycles. The predicted molar refractivity (Wildman–Crippen MR) is 125 cm³/mol. The normalized spacial score (nSPS) is 19.9. The van der Waals surface area contributed by atoms with Crippen molar-refractivity contribution in [2.45, 2.75) is 38.6 Å². The van der Waals surface area contributed by atoms with Gasteiger partial charge >= 0.3 is 0 Å². The zero-order valence-corrected chi connectivity index (χ0v) is 18.1. The van der Waals surface area contributed by atoms with Gasteiger partial charge in [-0.3, -0.25) is 4.79 Å². The Morgan fingerprint density at radius 1 is 1.00 bits per heavy atom. The Kier molecular flexibility index (Phi) is 6.49. The molecular weight excluding hydrogens is 368 g/mol. The maximum atomic E-state index is 12.6. The van der Waals surface area contributed by atoms with E-state index in [9.17, 15) is 4.79 Å². The van der Waals surface area contributed by atoms with E-state index in [4.69, 9.17) is 0 Å². The third kappa shape index (κ3) is 4.41. The van der Waals surface area contributed by atoms with E-state index in [-0.39, 0.29) is 6.04 Å². The van der Waals surface area contributed by atoms with E-state index in [1.54, 1.807) is 0 Å². The number of hydrogen-bond acceptors (Lipinski definition) is 2. The molecule has 1 N–H and O–H groups in total. The minimum Gasteiger partial charge on any atom is -0.342 e. The number of amides is 1. The summed E-state index contributed by atoms with van der Waals surface area (Å²) >= 11 is 0. The van der Waals surface area contributed by atoms with Crippen molar-refractivity contribution in [2.75, 3.05) is 19.6 Å². The summed E-state index contributed by atoms with van der Waals surface area (Å²) in [5.74, 6) is 1.10. The number of carbonyl (C=O) groups is 1. The zero-order valence-electron chi connectivity index (χ0n) is 18.1. The largest absolute Gasteiger partial charge is 0.342 e. The first-order chi connectivity index (χ1) is 14.7. The molecule has 2 unspecified atom stereocenters. The summed E-state index contributed by atoms with van der Waals surface area (Å²) in [6.07, 6.45) is 1.56. The van der Waals surface area contributed by atoms with Gasteiger partial charge in [0.15, 0.2) is 0 Å². The first-order valence-corrected chi connectivity index (χ1v) is 11.2. The minimum absolute atomic E-state index is 0.257. The zero-order chi connectivity index (χ0) is 20.9. The van der Waals surface area contributed by atoms with Crippen LogP contribution in [0.5, 0.6) is 0 Å². The molecular formula is C27H32N2O. The van der Waals surface area contributed by atoms with Gasteiger partial charge in [0, 0.05) is 38.0 Å². The summed E-state index contributed by atoms with van der Waals surface area (Å²) < 4.78 is 0. The molecule has 3 aromatic rings. The second-order valence-electron chi connectivity index (χ2n) is 8.52. The molecule has 1 heterocycles. The summed E-state index contributed by atoms with van der Waals surface area (Å²) in [5, 5.41) is 6.38. The summed E-state index contributed by atoms with van der Waals surface area (Å²) in [6.45, 7) is 6.90. The number of hydrogen-bond donors (Lipinski definition) is 1. The lowest BCUT2D eigenvalue weighted by Crippen LogP contribution is -2.31. The lowest BCUT2D eigenvalue weighted by atomic mass is 9.88. The fraction of sp³-hybridized carbons (Fsp3) is 0.370. The van der Waals surface area contributed by atoms with Gasteiger partial charge in [-0.05, 0) is 41.2 Å². The van der Waals surface area contributed by atoms with E-state index >= 15 is 0 Å². The van der Waals surface area contributed by atoms with Crippen molar-refractivity contribution >= 4 is 16.7 Å². The third-order valence-corrected chi connectivity index (χ3v) is 6.46. The molecule has 3 heteroatoms. The van der Waals surface area contributed by atoms with Crippen molar-refractivity contribution in [2.24, 2.45) is 5.92 Å². The minimum atomic E-state index is 0.257. The van der Waals surface area contributed by atoms with E-state index in [0.717, 1.165) is 26.1 Å². The van der Waals surface area contributed by atoms with Crippen LogP contribution in [-0.4, -0.2) is 30.4 Å². The lowest BCUT2D eigenvalue weighted by Gasteiger charge is -2.23. The van der Waals surface area contributed by atoms with Crippen molar-refractivity contribution in [1.29, 1.82) is 0 Å². The SMILES string of the molecule is CCCC(=O)N1CC(CN[C@H](C)c2cccc3ccccc23)C(c2ccccc2)C1. The summed E-state index contributed by atoms with van der Waals surface area (Å²) in [6, 6.07) is 26.1. The van der Waals surface area contributed by atoms with Crippen LogP contribution >= 0.6 is 0 Å². The van der Waals surface area contributed by atoms with Crippen LogP contribution in [0, 0.1) is 5.92 Å². The van der Waals surface area contributed by atoms with Crippen LogP contribution in [0.2, 0.25) is 0 Å². The molecule has 0 radical (unpaired) electrons. The van der Waals surface area contributed by atoms with Crippen LogP contribution in [0.4, 0.5) is 0 Å². The molecule has 4 rings (SSSR count). The molecule has 0 aliphatic carbocycles. The quantitative estimate of drug-likeness (QED) is 0.565. The topological polar surface area (TPSA) is 32.3 Å². The first kappa shape index (κ1) is 20.6. The number of likely N-dealkylation sites (tertiary alicyclic amines) is 1. The molecule has 1 saturated heterocycles. The molecule has 30 heavy (non-hydrogen) atoms. The Morgan fingerprint density at radius 2 is 1.73 bits per heavy atom. The highest BCUT2D eigenvalue weighted by atomic mass is 16.2. The average Bonchev–Trinajstić information content (AvgIpc) is 3.22. The Bertz CT molecular complexity index is 979. The van der Waals surface area contributed by atoms with Gasteiger partial charge in [-0.25, -0.2) is 0 Å². The highest BCUT2D eigenvalue weighted by Crippen LogP contribution is 2.33. The Balaban J connectivity index is 1.50. The Morgan fingerprint density at radius 3 is 2.53 bits per heavy atom. The molecule has 3 nitrogen and oxygen atoms in total. The Hall–Kier alpha value is -2.65. The second-order valence-corrected chi connectivity index (χ2v) is 8.52. The van der Waals surface area contributed by atoms with Crippen molar-refractivity contribution < 1.29 is 4.79 Å². The van der Waals surface area contributed by atoms with Crippen LogP contribution in [0.3, 0.4) is 0 Å². The van der Waals surface area contributed by atoms with Crippen LogP contribution in [0.15, 0.2) is 72.8 Å². The van der Waals surface area contributed by atoms with Gasteiger partial charge in [0.25, 0.3) is 0 Å². The van der Waals surface area contributed by atoms with Crippen LogP contribution in [0.1, 0.15) is 49.8 Å². The van der Waals surface area contributed by atoms with Crippen molar-refractivity contribution in [3.63, 3.8) is 0 Å². The molecule has 3 atom stereocenters. The first-order valence-electron chi connectivity index (χ1n) is 11.2. The third-order valence-electron chi connectivity index (χ3n) is 6.46. The van der Waals surface area contributed by atoms with Crippen molar-refractivity contribution in [3.05, 3.63) is 83.9 Å². The molecule has 1 aliphatic rings. The monoisotopic (exact) mass is 400 g/mol. The summed E-state index contributed by atoms with van der Waals surface area (Å²) in [5.41, 5.74) is 2.68. The highest BCUT2D eigenvalue weighted by molar-refractivity contribution is 5.86. The summed E-state index contributed by atoms with van der Waals surface area (Å²) in [7, 11) is 0. The standard InChI is InChI=1S/C27H32N2O/c1-3-10-27(30)29-18-23(26(19-29)22-11-5-4-6-12-22)17-28-20(2)24-16-9-14-21-13-7-8-15-25(21)24/h4-9,11-16,20,23,26,28H,3,10,17-19H2,1-2H3/t20-,23?,26?/m1/s1. The van der Waals surface area contributed by atoms with Gasteiger partial charge in [0.05, 0.1) is 0 Å². The second kappa shape index (κ2) is 9.44. The van der Waals surface area contributed by atoms with Gasteiger partial charge < -0.3 is 10.2 Å². The van der Waals surface area contributed by atoms with Crippen molar-refractivity contribution in [1.82, 2.24) is 10.2 Å². The molecule has 156 valence electrons. The van der Waals surface area contributed by atoms with E-state index < -0.39 is 0 Å². The number of rotatable bonds is 7. The molecule has 3 aromatic carbocycles. The highest BCUT2D eigenvalue weighted by Gasteiger charge is 2.35. The van der Waals surface area contributed by atoms with Crippen molar-refractivity contribution in [3.8, 4) is 0 Å². The van der Waals surface area contributed by atoms with Gasteiger partial charge in [-0.2, -0.15) is 0 Å². The van der Waals surface area contributed by atoms with Gasteiger partial charge in [0.2, 0.25) is 5.91 Å². The number of nitrogens with one attached hydrogen (secondary N) is 1. The van der Waals surface area contributed by atoms with Crippen LogP contribution in [0.25, 0.3) is 10.8 Å². The van der Waals surface area contributed by atoms with E-state index in [2.05, 4.69) is 96.9 Å². The van der Waals surface area contributed by atoms with E-state index in [1.807, 2.05) is 0 Å². The fourth-order valence-corrected chi connectivity index (χ4v) is 4.80. The molecule has 0 spiro atoms. The molecule has 1 fully saturated rings. The number of fused-ring (bicyclic) bond motifs is 1. The number of benzene rings is 3. The van der Waals surface area contributed by atoms with E-state index in [1.165, 1.54) is 21.9 Å². The maximum absolute atomic E-state index is 12.6. The van der Waals surface area contributed by atoms with Gasteiger partial charge in [-0.15, -0.1) is 0 Å². The molecule has 0 bridgehead atoms. The smallest absolute Gasteiger partial charge is 0.222 e. The molecule has 1 aliphatic heterocycles. The average molecular weight is 401 g/mol. The van der Waals surface area contributed by atoms with Gasteiger partial charge in [0.1, 0.15) is 0 Å². The molecule has 1 amide bonds. The Labute approximate surface area is 180 Å².